The number of nitrogens with one attached hydrogen (secondary N) is 1. The van der Waals surface area contributed by atoms with Crippen LogP contribution in [0.15, 0.2) is 23.7 Å². The number of fused-ring (bicyclic) bond motifs is 1. The quantitative estimate of drug-likeness (QED) is 0.928. The third-order valence-corrected chi connectivity index (χ3v) is 4.91. The van der Waals surface area contributed by atoms with Gasteiger partial charge in [0.15, 0.2) is 0 Å². The minimum Gasteiger partial charge on any atom is -0.337 e. The molecule has 2 heterocycles. The number of piperazine rings is 1. The van der Waals surface area contributed by atoms with Gasteiger partial charge in [0.1, 0.15) is 0 Å². The van der Waals surface area contributed by atoms with Gasteiger partial charge in [-0.3, -0.25) is 4.79 Å². The van der Waals surface area contributed by atoms with E-state index in [-0.39, 0.29) is 23.9 Å². The lowest BCUT2D eigenvalue weighted by atomic mass is 10.0. The zero-order valence-corrected chi connectivity index (χ0v) is 13.5. The summed E-state index contributed by atoms with van der Waals surface area (Å²) >= 11 is 1.66. The summed E-state index contributed by atoms with van der Waals surface area (Å²) < 4.78 is 1.21. The van der Waals surface area contributed by atoms with Crippen LogP contribution in [0.3, 0.4) is 0 Å². The molecule has 1 saturated heterocycles. The molecular formula is C16H21N3OS. The largest absolute Gasteiger partial charge is 0.337 e. The van der Waals surface area contributed by atoms with Crippen LogP contribution in [-0.4, -0.2) is 34.9 Å². The Morgan fingerprint density at radius 2 is 2.29 bits per heavy atom. The Morgan fingerprint density at radius 3 is 3.05 bits per heavy atom. The van der Waals surface area contributed by atoms with Crippen molar-refractivity contribution in [3.63, 3.8) is 0 Å². The molecule has 0 bridgehead atoms. The summed E-state index contributed by atoms with van der Waals surface area (Å²) in [6.07, 6.45) is 0. The number of carbonyl (C=O) groups is 1. The van der Waals surface area contributed by atoms with E-state index in [0.717, 1.165) is 18.6 Å². The summed E-state index contributed by atoms with van der Waals surface area (Å²) in [6.45, 7) is 7.60. The number of hydrogen-bond acceptors (Lipinski definition) is 4. The average molecular weight is 303 g/mol. The molecule has 0 radical (unpaired) electrons. The minimum atomic E-state index is 0.0484. The second-order valence-corrected chi connectivity index (χ2v) is 6.92. The second-order valence-electron chi connectivity index (χ2n) is 6.03. The van der Waals surface area contributed by atoms with Gasteiger partial charge < -0.3 is 10.2 Å². The molecule has 1 aromatic carbocycles. The summed E-state index contributed by atoms with van der Waals surface area (Å²) in [5.41, 5.74) is 4.13. The van der Waals surface area contributed by atoms with E-state index in [1.165, 1.54) is 10.3 Å². The monoisotopic (exact) mass is 303 g/mol. The summed E-state index contributed by atoms with van der Waals surface area (Å²) in [5.74, 6) is 0.288. The highest BCUT2D eigenvalue weighted by molar-refractivity contribution is 7.16. The van der Waals surface area contributed by atoms with Crippen molar-refractivity contribution >= 4 is 27.5 Å². The lowest BCUT2D eigenvalue weighted by Crippen LogP contribution is -2.54. The number of thiazole rings is 1. The first-order valence-corrected chi connectivity index (χ1v) is 8.31. The molecule has 1 aliphatic heterocycles. The lowest BCUT2D eigenvalue weighted by molar-refractivity contribution is -0.138. The predicted molar refractivity (Wildman–Crippen MR) is 86.4 cm³/mol. The molecular weight excluding hydrogens is 282 g/mol. The maximum absolute atomic E-state index is 12.3. The molecule has 2 atom stereocenters. The molecule has 0 spiro atoms. The van der Waals surface area contributed by atoms with Gasteiger partial charge in [-0.25, -0.2) is 4.98 Å². The van der Waals surface area contributed by atoms with Crippen LogP contribution in [0.1, 0.15) is 32.4 Å². The van der Waals surface area contributed by atoms with Crippen LogP contribution in [-0.2, 0) is 4.79 Å². The molecule has 0 aliphatic carbocycles. The summed E-state index contributed by atoms with van der Waals surface area (Å²) in [5, 5.41) is 3.55. The Hall–Kier alpha value is -1.46. The van der Waals surface area contributed by atoms with Crippen LogP contribution in [0.25, 0.3) is 10.2 Å². The van der Waals surface area contributed by atoms with Crippen LogP contribution in [0, 0.1) is 5.92 Å². The Balaban J connectivity index is 1.83. The van der Waals surface area contributed by atoms with E-state index in [0.29, 0.717) is 0 Å². The van der Waals surface area contributed by atoms with Crippen molar-refractivity contribution in [3.05, 3.63) is 29.3 Å². The standard InChI is InChI=1S/C16H21N3OS/c1-10(2)16(20)19-8-14(17-7-11(19)3)12-4-5-15-13(6-12)18-9-21-15/h4-6,9-11,14,17H,7-8H2,1-3H3. The van der Waals surface area contributed by atoms with Gasteiger partial charge in [-0.1, -0.05) is 19.9 Å². The van der Waals surface area contributed by atoms with E-state index < -0.39 is 0 Å². The van der Waals surface area contributed by atoms with Crippen molar-refractivity contribution in [2.75, 3.05) is 13.1 Å². The molecule has 2 unspecified atom stereocenters. The third-order valence-electron chi connectivity index (χ3n) is 4.10. The molecule has 112 valence electrons. The average Bonchev–Trinajstić information content (AvgIpc) is 2.94. The SMILES string of the molecule is CC(C)C(=O)N1CC(c2ccc3scnc3c2)NCC1C. The highest BCUT2D eigenvalue weighted by Gasteiger charge is 2.30. The van der Waals surface area contributed by atoms with E-state index in [9.17, 15) is 4.79 Å². The van der Waals surface area contributed by atoms with Gasteiger partial charge in [0.25, 0.3) is 0 Å². The molecule has 5 heteroatoms. The Kier molecular flexibility index (Phi) is 3.95. The summed E-state index contributed by atoms with van der Waals surface area (Å²) in [7, 11) is 0. The van der Waals surface area contributed by atoms with Crippen molar-refractivity contribution in [2.24, 2.45) is 5.92 Å². The van der Waals surface area contributed by atoms with Crippen LogP contribution in [0.5, 0.6) is 0 Å². The Labute approximate surface area is 129 Å². The van der Waals surface area contributed by atoms with Crippen molar-refractivity contribution in [1.29, 1.82) is 0 Å². The van der Waals surface area contributed by atoms with Crippen LogP contribution >= 0.6 is 11.3 Å². The Morgan fingerprint density at radius 1 is 1.48 bits per heavy atom. The molecule has 1 N–H and O–H groups in total. The molecule has 1 fully saturated rings. The van der Waals surface area contributed by atoms with Gasteiger partial charge in [-0.05, 0) is 24.6 Å². The van der Waals surface area contributed by atoms with Gasteiger partial charge in [0, 0.05) is 25.0 Å². The first kappa shape index (κ1) is 14.5. The zero-order chi connectivity index (χ0) is 15.0. The fraction of sp³-hybridized carbons (Fsp3) is 0.500. The van der Waals surface area contributed by atoms with Gasteiger partial charge in [-0.15, -0.1) is 11.3 Å². The van der Waals surface area contributed by atoms with Gasteiger partial charge in [0.2, 0.25) is 5.91 Å². The second kappa shape index (κ2) is 5.73. The maximum Gasteiger partial charge on any atom is 0.225 e. The number of carbonyl (C=O) groups excluding carboxylic acids is 1. The summed E-state index contributed by atoms with van der Waals surface area (Å²) in [6, 6.07) is 6.84. The third kappa shape index (κ3) is 2.80. The van der Waals surface area contributed by atoms with Crippen molar-refractivity contribution in [3.8, 4) is 0 Å². The normalized spacial score (nSPS) is 23.0. The number of amides is 1. The molecule has 3 rings (SSSR count). The fourth-order valence-electron chi connectivity index (χ4n) is 2.82. The van der Waals surface area contributed by atoms with E-state index in [2.05, 4.69) is 35.4 Å². The molecule has 4 nitrogen and oxygen atoms in total. The van der Waals surface area contributed by atoms with E-state index in [4.69, 9.17) is 0 Å². The van der Waals surface area contributed by atoms with Crippen molar-refractivity contribution in [1.82, 2.24) is 15.2 Å². The fourth-order valence-corrected chi connectivity index (χ4v) is 3.48. The van der Waals surface area contributed by atoms with Gasteiger partial charge in [-0.2, -0.15) is 0 Å². The van der Waals surface area contributed by atoms with Crippen molar-refractivity contribution in [2.45, 2.75) is 32.9 Å². The smallest absolute Gasteiger partial charge is 0.225 e. The van der Waals surface area contributed by atoms with E-state index >= 15 is 0 Å². The summed E-state index contributed by atoms with van der Waals surface area (Å²) in [4.78, 5) is 18.7. The van der Waals surface area contributed by atoms with E-state index in [1.807, 2.05) is 24.3 Å². The minimum absolute atomic E-state index is 0.0484. The van der Waals surface area contributed by atoms with Crippen molar-refractivity contribution < 1.29 is 4.79 Å². The zero-order valence-electron chi connectivity index (χ0n) is 12.7. The molecule has 2 aromatic rings. The molecule has 1 aliphatic rings. The number of aromatic nitrogens is 1. The molecule has 21 heavy (non-hydrogen) atoms. The topological polar surface area (TPSA) is 45.2 Å². The van der Waals surface area contributed by atoms with Crippen LogP contribution in [0.2, 0.25) is 0 Å². The highest BCUT2D eigenvalue weighted by atomic mass is 32.1. The maximum atomic E-state index is 12.3. The number of rotatable bonds is 2. The van der Waals surface area contributed by atoms with E-state index in [1.54, 1.807) is 11.3 Å². The highest BCUT2D eigenvalue weighted by Crippen LogP contribution is 2.25. The number of benzene rings is 1. The van der Waals surface area contributed by atoms with Crippen LogP contribution < -0.4 is 5.32 Å². The predicted octanol–water partition coefficient (Wildman–Crippen LogP) is 2.81. The number of hydrogen-bond donors (Lipinski definition) is 1. The molecule has 1 amide bonds. The first-order chi connectivity index (χ1) is 10.1. The van der Waals surface area contributed by atoms with Gasteiger partial charge in [0.05, 0.1) is 21.8 Å². The number of nitrogens with zero attached hydrogens (tertiary/aromatic N) is 2. The Bertz CT molecular complexity index is 652. The lowest BCUT2D eigenvalue weighted by Gasteiger charge is -2.40. The van der Waals surface area contributed by atoms with Crippen LogP contribution in [0.4, 0.5) is 0 Å². The first-order valence-electron chi connectivity index (χ1n) is 7.43. The molecule has 1 aromatic heterocycles. The van der Waals surface area contributed by atoms with Gasteiger partial charge >= 0.3 is 0 Å². The molecule has 0 saturated carbocycles.